The monoisotopic (exact) mass is 614 g/mol. The summed E-state index contributed by atoms with van der Waals surface area (Å²) < 4.78 is 151. The summed E-state index contributed by atoms with van der Waals surface area (Å²) in [5.41, 5.74) is -10.3. The van der Waals surface area contributed by atoms with Crippen LogP contribution in [-0.4, -0.2) is 13.9 Å². The van der Waals surface area contributed by atoms with Crippen molar-refractivity contribution in [3.8, 4) is 28.0 Å². The zero-order chi connectivity index (χ0) is 30.7. The van der Waals surface area contributed by atoms with Gasteiger partial charge < -0.3 is 4.18 Å². The van der Waals surface area contributed by atoms with Crippen molar-refractivity contribution in [1.29, 1.82) is 0 Å². The highest BCUT2D eigenvalue weighted by molar-refractivity contribution is 7.88. The van der Waals surface area contributed by atoms with Crippen LogP contribution in [0.1, 0.15) is 11.1 Å². The fraction of sp³-hybridized carbons (Fsp3) is 0.103. The number of alkyl halides is 9. The molecule has 0 aliphatic heterocycles. The highest BCUT2D eigenvalue weighted by atomic mass is 32.2. The van der Waals surface area contributed by atoms with Crippen molar-refractivity contribution in [2.45, 2.75) is 17.9 Å². The van der Waals surface area contributed by atoms with E-state index in [4.69, 9.17) is 0 Å². The van der Waals surface area contributed by atoms with E-state index in [9.17, 15) is 47.9 Å². The van der Waals surface area contributed by atoms with E-state index in [0.29, 0.717) is 22.9 Å². The molecule has 42 heavy (non-hydrogen) atoms. The minimum Gasteiger partial charge on any atom is -0.375 e. The third-order valence-corrected chi connectivity index (χ3v) is 7.42. The molecule has 0 fully saturated rings. The molecule has 0 radical (unpaired) electrons. The fourth-order valence-electron chi connectivity index (χ4n) is 4.64. The van der Waals surface area contributed by atoms with E-state index in [1.807, 2.05) is 0 Å². The zero-order valence-electron chi connectivity index (χ0n) is 20.7. The molecular formula is C29H15F9O3S. The van der Waals surface area contributed by atoms with Gasteiger partial charge >= 0.3 is 28.0 Å². The summed E-state index contributed by atoms with van der Waals surface area (Å²) in [6, 6.07) is 17.9. The lowest BCUT2D eigenvalue weighted by molar-refractivity contribution is -0.143. The Kier molecular flexibility index (Phi) is 6.91. The molecule has 5 rings (SSSR count). The van der Waals surface area contributed by atoms with Crippen LogP contribution in [0.3, 0.4) is 0 Å². The van der Waals surface area contributed by atoms with Gasteiger partial charge in [0.2, 0.25) is 0 Å². The Labute approximate surface area is 231 Å². The summed E-state index contributed by atoms with van der Waals surface area (Å²) in [7, 11) is -6.23. The van der Waals surface area contributed by atoms with Crippen molar-refractivity contribution in [1.82, 2.24) is 0 Å². The molecule has 0 N–H and O–H groups in total. The van der Waals surface area contributed by atoms with Crippen LogP contribution in [0.25, 0.3) is 43.8 Å². The molecule has 0 aromatic heterocycles. The molecule has 0 bridgehead atoms. The van der Waals surface area contributed by atoms with Crippen molar-refractivity contribution in [3.63, 3.8) is 0 Å². The highest BCUT2D eigenvalue weighted by Gasteiger charge is 2.49. The van der Waals surface area contributed by atoms with Gasteiger partial charge in [-0.2, -0.15) is 47.9 Å². The normalized spacial score (nSPS) is 13.1. The molecule has 0 aliphatic carbocycles. The fourth-order valence-corrected chi connectivity index (χ4v) is 5.11. The van der Waals surface area contributed by atoms with Crippen molar-refractivity contribution in [2.75, 3.05) is 0 Å². The van der Waals surface area contributed by atoms with Crippen molar-refractivity contribution >= 4 is 31.7 Å². The van der Waals surface area contributed by atoms with Crippen LogP contribution in [0.15, 0.2) is 91.0 Å². The number of rotatable bonds is 4. The third-order valence-electron chi connectivity index (χ3n) is 6.45. The molecule has 13 heteroatoms. The average Bonchev–Trinajstić information content (AvgIpc) is 2.90. The summed E-state index contributed by atoms with van der Waals surface area (Å²) in [4.78, 5) is 0. The maximum Gasteiger partial charge on any atom is 0.534 e. The molecule has 0 heterocycles. The molecule has 5 aromatic rings. The minimum atomic E-state index is -6.23. The molecule has 3 nitrogen and oxygen atoms in total. The predicted octanol–water partition coefficient (Wildman–Crippen LogP) is 9.59. The minimum absolute atomic E-state index is 0.0490. The topological polar surface area (TPSA) is 43.4 Å². The molecule has 5 aromatic carbocycles. The largest absolute Gasteiger partial charge is 0.534 e. The average molecular weight is 614 g/mol. The maximum absolute atomic E-state index is 13.7. The molecule has 0 spiro atoms. The Morgan fingerprint density at radius 1 is 0.548 bits per heavy atom. The Morgan fingerprint density at radius 3 is 1.52 bits per heavy atom. The first-order valence-corrected chi connectivity index (χ1v) is 13.2. The van der Waals surface area contributed by atoms with E-state index in [-0.39, 0.29) is 33.5 Å². The zero-order valence-corrected chi connectivity index (χ0v) is 21.5. The van der Waals surface area contributed by atoms with Gasteiger partial charge in [0.1, 0.15) is 0 Å². The van der Waals surface area contributed by atoms with Crippen molar-refractivity contribution in [2.24, 2.45) is 0 Å². The summed E-state index contributed by atoms with van der Waals surface area (Å²) in [5.74, 6) is -0.827. The van der Waals surface area contributed by atoms with Gasteiger partial charge in [-0.25, -0.2) is 0 Å². The van der Waals surface area contributed by atoms with Crippen LogP contribution in [-0.2, 0) is 22.5 Å². The van der Waals surface area contributed by atoms with Gasteiger partial charge in [-0.15, -0.1) is 0 Å². The van der Waals surface area contributed by atoms with E-state index in [2.05, 4.69) is 4.18 Å². The number of fused-ring (bicyclic) bond motifs is 2. The van der Waals surface area contributed by atoms with E-state index < -0.39 is 50.4 Å². The Balaban J connectivity index is 1.95. The van der Waals surface area contributed by atoms with Crippen molar-refractivity contribution in [3.05, 3.63) is 102 Å². The first-order valence-electron chi connectivity index (χ1n) is 11.8. The third kappa shape index (κ3) is 5.36. The van der Waals surface area contributed by atoms with Crippen LogP contribution >= 0.6 is 0 Å². The standard InChI is InChI=1S/C29H15F9O3S/c30-27(31,32)19-13-18(14-20(15-19)28(33,34)35)23-11-9-16-5-1-3-7-21(16)25(23)26-22-8-4-2-6-17(22)10-12-24(26)41-42(39,40)29(36,37)38/h1-15H. The molecule has 0 saturated carbocycles. The lowest BCUT2D eigenvalue weighted by atomic mass is 9.86. The molecular weight excluding hydrogens is 599 g/mol. The van der Waals surface area contributed by atoms with E-state index in [1.54, 1.807) is 18.2 Å². The first kappa shape index (κ1) is 29.2. The van der Waals surface area contributed by atoms with Gasteiger partial charge in [-0.3, -0.25) is 0 Å². The van der Waals surface area contributed by atoms with E-state index in [1.165, 1.54) is 48.5 Å². The van der Waals surface area contributed by atoms with Crippen LogP contribution in [0.4, 0.5) is 39.5 Å². The summed E-state index contributed by atoms with van der Waals surface area (Å²) in [5, 5.41) is 1.12. The van der Waals surface area contributed by atoms with E-state index >= 15 is 0 Å². The predicted molar refractivity (Wildman–Crippen MR) is 138 cm³/mol. The highest BCUT2D eigenvalue weighted by Crippen LogP contribution is 2.48. The smallest absolute Gasteiger partial charge is 0.375 e. The van der Waals surface area contributed by atoms with Crippen LogP contribution in [0, 0.1) is 0 Å². The Bertz CT molecular complexity index is 1910. The maximum atomic E-state index is 13.7. The number of hydrogen-bond acceptors (Lipinski definition) is 3. The van der Waals surface area contributed by atoms with Gasteiger partial charge in [0.15, 0.2) is 5.75 Å². The molecule has 0 unspecified atom stereocenters. The van der Waals surface area contributed by atoms with Crippen LogP contribution in [0.5, 0.6) is 5.75 Å². The van der Waals surface area contributed by atoms with Gasteiger partial charge in [0, 0.05) is 11.1 Å². The number of hydrogen-bond donors (Lipinski definition) is 0. The second-order valence-corrected chi connectivity index (χ2v) is 10.7. The van der Waals surface area contributed by atoms with E-state index in [0.717, 1.165) is 6.07 Å². The Morgan fingerprint density at radius 2 is 1.02 bits per heavy atom. The van der Waals surface area contributed by atoms with Crippen LogP contribution < -0.4 is 4.18 Å². The first-order chi connectivity index (χ1) is 19.5. The quantitative estimate of drug-likeness (QED) is 0.115. The summed E-state index contributed by atoms with van der Waals surface area (Å²) in [6.07, 6.45) is -10.4. The van der Waals surface area contributed by atoms with Crippen LogP contribution in [0.2, 0.25) is 0 Å². The molecule has 0 saturated heterocycles. The summed E-state index contributed by atoms with van der Waals surface area (Å²) in [6.45, 7) is 0. The molecule has 218 valence electrons. The Hall–Kier alpha value is -4.26. The molecule has 0 aliphatic rings. The number of halogens is 9. The second-order valence-electron chi connectivity index (χ2n) is 9.15. The van der Waals surface area contributed by atoms with Gasteiger partial charge in [-0.1, -0.05) is 66.7 Å². The lowest BCUT2D eigenvalue weighted by Gasteiger charge is -2.21. The second kappa shape index (κ2) is 9.93. The molecule has 0 atom stereocenters. The lowest BCUT2D eigenvalue weighted by Crippen LogP contribution is -2.28. The SMILES string of the molecule is O=S(=O)(Oc1ccc2ccccc2c1-c1c(-c2cc(C(F)(F)F)cc(C(F)(F)F)c2)ccc2ccccc12)C(F)(F)F. The number of benzene rings is 5. The molecule has 0 amide bonds. The summed E-state index contributed by atoms with van der Waals surface area (Å²) >= 11 is 0. The van der Waals surface area contributed by atoms with Crippen molar-refractivity contribution < 1.29 is 52.1 Å². The van der Waals surface area contributed by atoms with Gasteiger partial charge in [0.25, 0.3) is 0 Å². The van der Waals surface area contributed by atoms with Gasteiger partial charge in [0.05, 0.1) is 11.1 Å². The van der Waals surface area contributed by atoms with Gasteiger partial charge in [-0.05, 0) is 56.9 Å².